The SMILES string of the molecule is O=C(CI)Oc1ccc(C(=O)OC(CS(=O)(=O)O)C(F)(F)F)c(Br)c1. The van der Waals surface area contributed by atoms with Crippen LogP contribution >= 0.6 is 38.5 Å². The summed E-state index contributed by atoms with van der Waals surface area (Å²) in [5.74, 6) is -3.85. The first-order valence-corrected chi connectivity index (χ1v) is 10.1. The highest BCUT2D eigenvalue weighted by molar-refractivity contribution is 14.1. The number of rotatable bonds is 6. The number of benzene rings is 1. The van der Waals surface area contributed by atoms with Gasteiger partial charge in [-0.2, -0.15) is 21.6 Å². The van der Waals surface area contributed by atoms with Crippen molar-refractivity contribution in [3.05, 3.63) is 28.2 Å². The fraction of sp³-hybridized carbons (Fsp3) is 0.333. The van der Waals surface area contributed by atoms with E-state index >= 15 is 0 Å². The zero-order valence-corrected chi connectivity index (χ0v) is 16.5. The molecule has 1 rings (SSSR count). The molecule has 0 aliphatic rings. The smallest absolute Gasteiger partial charge is 0.426 e. The average molecular weight is 561 g/mol. The first-order valence-electron chi connectivity index (χ1n) is 6.12. The molecule has 1 aromatic rings. The largest absolute Gasteiger partial charge is 0.448 e. The van der Waals surface area contributed by atoms with Gasteiger partial charge in [-0.3, -0.25) is 9.35 Å². The molecule has 0 saturated heterocycles. The van der Waals surface area contributed by atoms with Crippen molar-refractivity contribution < 1.29 is 45.2 Å². The summed E-state index contributed by atoms with van der Waals surface area (Å²) in [4.78, 5) is 23.0. The second-order valence-electron chi connectivity index (χ2n) is 4.43. The van der Waals surface area contributed by atoms with Crippen molar-refractivity contribution in [2.45, 2.75) is 12.3 Å². The Kier molecular flexibility index (Phi) is 7.64. The van der Waals surface area contributed by atoms with E-state index in [9.17, 15) is 31.2 Å². The second kappa shape index (κ2) is 8.64. The Hall–Kier alpha value is -0.930. The number of alkyl halides is 4. The van der Waals surface area contributed by atoms with Gasteiger partial charge in [0.15, 0.2) is 0 Å². The summed E-state index contributed by atoms with van der Waals surface area (Å²) in [5.41, 5.74) is -0.362. The highest BCUT2D eigenvalue weighted by Crippen LogP contribution is 2.28. The summed E-state index contributed by atoms with van der Waals surface area (Å²) in [5, 5.41) is 0. The van der Waals surface area contributed by atoms with Crippen molar-refractivity contribution in [2.75, 3.05) is 10.2 Å². The van der Waals surface area contributed by atoms with E-state index in [4.69, 9.17) is 9.29 Å². The van der Waals surface area contributed by atoms with Gasteiger partial charge in [0, 0.05) is 4.47 Å². The molecule has 140 valence electrons. The Morgan fingerprint density at radius 2 is 1.92 bits per heavy atom. The minimum atomic E-state index is -5.20. The molecule has 0 aliphatic heterocycles. The molecular weight excluding hydrogens is 552 g/mol. The molecule has 0 fully saturated rings. The lowest BCUT2D eigenvalue weighted by atomic mass is 10.2. The van der Waals surface area contributed by atoms with E-state index in [2.05, 4.69) is 20.7 Å². The number of hydrogen-bond acceptors (Lipinski definition) is 6. The standard InChI is InChI=1S/C12H9BrF3IO7S/c13-8-3-6(23-10(18)4-17)1-2-7(8)11(19)24-9(12(14,15)16)5-25(20,21)22/h1-3,9H,4-5H2,(H,20,21,22). The van der Waals surface area contributed by atoms with E-state index in [1.54, 1.807) is 22.6 Å². The third kappa shape index (κ3) is 7.45. The Morgan fingerprint density at radius 1 is 1.32 bits per heavy atom. The molecule has 1 N–H and O–H groups in total. The summed E-state index contributed by atoms with van der Waals surface area (Å²) in [7, 11) is -5.03. The topological polar surface area (TPSA) is 107 Å². The summed E-state index contributed by atoms with van der Waals surface area (Å²) in [6.07, 6.45) is -8.24. The molecule has 25 heavy (non-hydrogen) atoms. The van der Waals surface area contributed by atoms with Gasteiger partial charge in [0.1, 0.15) is 11.5 Å². The molecule has 13 heteroatoms. The molecular formula is C12H9BrF3IO7S. The number of carbonyl (C=O) groups is 2. The van der Waals surface area contributed by atoms with Crippen LogP contribution in [0.25, 0.3) is 0 Å². The zero-order valence-electron chi connectivity index (χ0n) is 11.9. The maximum atomic E-state index is 12.8. The molecule has 0 saturated carbocycles. The van der Waals surface area contributed by atoms with Gasteiger partial charge in [-0.1, -0.05) is 22.6 Å². The van der Waals surface area contributed by atoms with Crippen LogP contribution in [0.2, 0.25) is 0 Å². The molecule has 1 atom stereocenters. The Balaban J connectivity index is 3.00. The summed E-state index contributed by atoms with van der Waals surface area (Å²) in [6, 6.07) is 3.34. The van der Waals surface area contributed by atoms with Gasteiger partial charge in [0.25, 0.3) is 10.1 Å². The first kappa shape index (κ1) is 22.1. The van der Waals surface area contributed by atoms with Crippen LogP contribution in [0.1, 0.15) is 10.4 Å². The third-order valence-corrected chi connectivity index (χ3v) is 4.48. The van der Waals surface area contributed by atoms with Gasteiger partial charge in [0.05, 0.1) is 9.99 Å². The summed E-state index contributed by atoms with van der Waals surface area (Å²) < 4.78 is 77.2. The molecule has 0 radical (unpaired) electrons. The van der Waals surface area contributed by atoms with Crippen molar-refractivity contribution in [3.8, 4) is 5.75 Å². The minimum absolute atomic E-state index is 0.0374. The second-order valence-corrected chi connectivity index (χ2v) is 7.55. The van der Waals surface area contributed by atoms with Crippen LogP contribution in [-0.4, -0.2) is 47.4 Å². The number of hydrogen-bond donors (Lipinski definition) is 1. The van der Waals surface area contributed by atoms with Crippen molar-refractivity contribution in [2.24, 2.45) is 0 Å². The van der Waals surface area contributed by atoms with Crippen LogP contribution in [0, 0.1) is 0 Å². The molecule has 1 unspecified atom stereocenters. The average Bonchev–Trinajstić information content (AvgIpc) is 2.44. The molecule has 0 spiro atoms. The summed E-state index contributed by atoms with van der Waals surface area (Å²) in [6.45, 7) is 0. The Bertz CT molecular complexity index is 766. The van der Waals surface area contributed by atoms with E-state index < -0.39 is 40.1 Å². The van der Waals surface area contributed by atoms with Gasteiger partial charge >= 0.3 is 18.1 Å². The van der Waals surface area contributed by atoms with Crippen molar-refractivity contribution in [1.82, 2.24) is 0 Å². The molecule has 1 aromatic carbocycles. The van der Waals surface area contributed by atoms with E-state index in [1.165, 1.54) is 0 Å². The van der Waals surface area contributed by atoms with Gasteiger partial charge in [-0.05, 0) is 34.1 Å². The van der Waals surface area contributed by atoms with Crippen LogP contribution in [0.15, 0.2) is 22.7 Å². The van der Waals surface area contributed by atoms with Gasteiger partial charge in [0.2, 0.25) is 6.10 Å². The minimum Gasteiger partial charge on any atom is -0.448 e. The fourth-order valence-electron chi connectivity index (χ4n) is 1.46. The zero-order chi connectivity index (χ0) is 19.4. The first-order chi connectivity index (χ1) is 11.3. The van der Waals surface area contributed by atoms with Gasteiger partial charge in [-0.25, -0.2) is 4.79 Å². The predicted octanol–water partition coefficient (Wildman–Crippen LogP) is 2.77. The number of carbonyl (C=O) groups excluding carboxylic acids is 2. The van der Waals surface area contributed by atoms with Crippen LogP contribution in [0.4, 0.5) is 13.2 Å². The van der Waals surface area contributed by atoms with E-state index in [0.29, 0.717) is 0 Å². The van der Waals surface area contributed by atoms with E-state index in [-0.39, 0.29) is 20.2 Å². The lowest BCUT2D eigenvalue weighted by molar-refractivity contribution is -0.197. The highest BCUT2D eigenvalue weighted by atomic mass is 127. The van der Waals surface area contributed by atoms with Crippen LogP contribution in [-0.2, 0) is 19.6 Å². The monoisotopic (exact) mass is 560 g/mol. The lowest BCUT2D eigenvalue weighted by Gasteiger charge is -2.19. The highest BCUT2D eigenvalue weighted by Gasteiger charge is 2.45. The van der Waals surface area contributed by atoms with Crippen LogP contribution in [0.5, 0.6) is 5.75 Å². The predicted molar refractivity (Wildman–Crippen MR) is 90.3 cm³/mol. The maximum Gasteiger partial charge on any atom is 0.426 e. The van der Waals surface area contributed by atoms with Crippen molar-refractivity contribution in [3.63, 3.8) is 0 Å². The van der Waals surface area contributed by atoms with E-state index in [0.717, 1.165) is 18.2 Å². The Labute approximate surface area is 161 Å². The molecule has 7 nitrogen and oxygen atoms in total. The number of esters is 2. The number of halogens is 5. The molecule has 0 amide bonds. The quantitative estimate of drug-likeness (QED) is 0.187. The normalized spacial score (nSPS) is 13.2. The molecule has 0 bridgehead atoms. The number of ether oxygens (including phenoxy) is 2. The Morgan fingerprint density at radius 3 is 2.36 bits per heavy atom. The molecule has 0 aliphatic carbocycles. The molecule has 0 heterocycles. The fourth-order valence-corrected chi connectivity index (χ4v) is 2.78. The van der Waals surface area contributed by atoms with Crippen LogP contribution < -0.4 is 4.74 Å². The van der Waals surface area contributed by atoms with Crippen LogP contribution in [0.3, 0.4) is 0 Å². The third-order valence-electron chi connectivity index (χ3n) is 2.48. The molecule has 0 aromatic heterocycles. The van der Waals surface area contributed by atoms with Gasteiger partial charge < -0.3 is 9.47 Å². The lowest BCUT2D eigenvalue weighted by Crippen LogP contribution is -2.39. The van der Waals surface area contributed by atoms with Gasteiger partial charge in [-0.15, -0.1) is 0 Å². The maximum absolute atomic E-state index is 12.8. The summed E-state index contributed by atoms with van der Waals surface area (Å²) >= 11 is 4.68. The van der Waals surface area contributed by atoms with Crippen molar-refractivity contribution >= 4 is 60.6 Å². The van der Waals surface area contributed by atoms with E-state index in [1.807, 2.05) is 0 Å². The van der Waals surface area contributed by atoms with Crippen molar-refractivity contribution in [1.29, 1.82) is 0 Å².